The van der Waals surface area contributed by atoms with Gasteiger partial charge in [0.2, 0.25) is 0 Å². The van der Waals surface area contributed by atoms with E-state index in [1.165, 1.54) is 0 Å². The molecule has 0 aliphatic heterocycles. The van der Waals surface area contributed by atoms with Crippen LogP contribution in [-0.4, -0.2) is 40.8 Å². The molecular weight excluding hydrogens is 271 g/mol. The molecule has 0 heterocycles. The van der Waals surface area contributed by atoms with Crippen LogP contribution in [0.15, 0.2) is 0 Å². The zero-order valence-corrected chi connectivity index (χ0v) is 12.9. The van der Waals surface area contributed by atoms with Crippen LogP contribution in [0.25, 0.3) is 0 Å². The molecule has 0 rings (SSSR count). The summed E-state index contributed by atoms with van der Waals surface area (Å²) in [6, 6.07) is 0. The zero-order valence-electron chi connectivity index (χ0n) is 10.4. The van der Waals surface area contributed by atoms with Crippen LogP contribution < -0.4 is 0 Å². The Morgan fingerprint density at radius 2 is 0.875 bits per heavy atom. The lowest BCUT2D eigenvalue weighted by Gasteiger charge is -2.26. The molecule has 0 aromatic rings. The SMILES string of the molecule is CCO[Si](OCC)(OCC)OCC.ClCCl. The molecule has 0 saturated heterocycles. The molecule has 4 nitrogen and oxygen atoms in total. The van der Waals surface area contributed by atoms with E-state index in [1.54, 1.807) is 0 Å². The van der Waals surface area contributed by atoms with Crippen LogP contribution in [0.5, 0.6) is 0 Å². The van der Waals surface area contributed by atoms with Gasteiger partial charge in [0.25, 0.3) is 0 Å². The van der Waals surface area contributed by atoms with Crippen LogP contribution in [0.3, 0.4) is 0 Å². The minimum Gasteiger partial charge on any atom is -0.351 e. The van der Waals surface area contributed by atoms with Crippen LogP contribution in [0.4, 0.5) is 0 Å². The van der Waals surface area contributed by atoms with Crippen molar-refractivity contribution < 1.29 is 17.7 Å². The first kappa shape index (κ1) is 19.0. The first-order valence-electron chi connectivity index (χ1n) is 5.33. The Morgan fingerprint density at radius 1 is 0.688 bits per heavy atom. The molecule has 100 valence electrons. The maximum Gasteiger partial charge on any atom is 0.679 e. The van der Waals surface area contributed by atoms with Crippen molar-refractivity contribution in [3.8, 4) is 0 Å². The van der Waals surface area contributed by atoms with Gasteiger partial charge in [-0.2, -0.15) is 0 Å². The van der Waals surface area contributed by atoms with Crippen LogP contribution in [-0.2, 0) is 17.7 Å². The summed E-state index contributed by atoms with van der Waals surface area (Å²) in [4.78, 5) is 0. The molecule has 0 aromatic heterocycles. The lowest BCUT2D eigenvalue weighted by molar-refractivity contribution is -0.0247. The average molecular weight is 293 g/mol. The second kappa shape index (κ2) is 13.7. The molecule has 0 atom stereocenters. The molecule has 16 heavy (non-hydrogen) atoms. The maximum atomic E-state index is 5.42. The van der Waals surface area contributed by atoms with E-state index in [4.69, 9.17) is 40.9 Å². The monoisotopic (exact) mass is 292 g/mol. The number of hydrogen-bond acceptors (Lipinski definition) is 4. The third kappa shape index (κ3) is 9.83. The maximum absolute atomic E-state index is 5.42. The van der Waals surface area contributed by atoms with Gasteiger partial charge in [-0.3, -0.25) is 0 Å². The van der Waals surface area contributed by atoms with Crippen molar-refractivity contribution in [1.29, 1.82) is 0 Å². The van der Waals surface area contributed by atoms with Crippen LogP contribution in [0.1, 0.15) is 27.7 Å². The molecule has 0 aromatic carbocycles. The summed E-state index contributed by atoms with van der Waals surface area (Å²) in [5.41, 5.74) is 0. The summed E-state index contributed by atoms with van der Waals surface area (Å²) in [6.07, 6.45) is 0. The van der Waals surface area contributed by atoms with Crippen molar-refractivity contribution in [2.45, 2.75) is 27.7 Å². The van der Waals surface area contributed by atoms with Gasteiger partial charge in [-0.25, -0.2) is 0 Å². The van der Waals surface area contributed by atoms with E-state index in [2.05, 4.69) is 0 Å². The van der Waals surface area contributed by atoms with Gasteiger partial charge in [-0.1, -0.05) is 0 Å². The van der Waals surface area contributed by atoms with Gasteiger partial charge < -0.3 is 17.7 Å². The first-order chi connectivity index (χ1) is 7.66. The van der Waals surface area contributed by atoms with E-state index in [0.717, 1.165) is 0 Å². The predicted molar refractivity (Wildman–Crippen MR) is 68.8 cm³/mol. The number of hydrogen-bond donors (Lipinski definition) is 0. The second-order valence-corrected chi connectivity index (χ2v) is 5.30. The standard InChI is InChI=1S/C8H20O4Si.CH2Cl2/c1-5-9-13(10-6-2,11-7-3)12-8-4;2-1-3/h5-8H2,1-4H3;1H2. The highest BCUT2D eigenvalue weighted by molar-refractivity contribution is 6.53. The highest BCUT2D eigenvalue weighted by atomic mass is 35.5. The highest BCUT2D eigenvalue weighted by Gasteiger charge is 2.44. The molecule has 0 saturated carbocycles. The lowest BCUT2D eigenvalue weighted by atomic mass is 10.9. The fourth-order valence-electron chi connectivity index (χ4n) is 0.957. The van der Waals surface area contributed by atoms with E-state index >= 15 is 0 Å². The highest BCUT2D eigenvalue weighted by Crippen LogP contribution is 2.11. The molecule has 0 bridgehead atoms. The molecule has 0 amide bonds. The minimum atomic E-state index is -2.80. The van der Waals surface area contributed by atoms with E-state index in [-0.39, 0.29) is 5.34 Å². The minimum absolute atomic E-state index is 0.194. The van der Waals surface area contributed by atoms with E-state index < -0.39 is 9.05 Å². The Bertz CT molecular complexity index is 111. The molecule has 0 aliphatic carbocycles. The van der Waals surface area contributed by atoms with Crippen molar-refractivity contribution in [3.05, 3.63) is 0 Å². The number of alkyl halides is 2. The quantitative estimate of drug-likeness (QED) is 0.509. The summed E-state index contributed by atoms with van der Waals surface area (Å²) in [5.74, 6) is 0. The summed E-state index contributed by atoms with van der Waals surface area (Å²) in [5, 5.41) is 0.194. The Morgan fingerprint density at radius 3 is 1.00 bits per heavy atom. The Balaban J connectivity index is 0. The smallest absolute Gasteiger partial charge is 0.351 e. The Hall–Kier alpha value is 0.637. The van der Waals surface area contributed by atoms with Crippen LogP contribution >= 0.6 is 23.2 Å². The van der Waals surface area contributed by atoms with E-state index in [9.17, 15) is 0 Å². The van der Waals surface area contributed by atoms with E-state index in [1.807, 2.05) is 27.7 Å². The van der Waals surface area contributed by atoms with Gasteiger partial charge >= 0.3 is 9.05 Å². The van der Waals surface area contributed by atoms with Crippen molar-refractivity contribution in [2.24, 2.45) is 0 Å². The topological polar surface area (TPSA) is 36.9 Å². The summed E-state index contributed by atoms with van der Waals surface area (Å²) < 4.78 is 21.7. The number of rotatable bonds is 8. The van der Waals surface area contributed by atoms with Crippen molar-refractivity contribution in [1.82, 2.24) is 0 Å². The van der Waals surface area contributed by atoms with Gasteiger partial charge in [0.1, 0.15) is 0 Å². The van der Waals surface area contributed by atoms with Crippen molar-refractivity contribution >= 4 is 32.2 Å². The predicted octanol–water partition coefficient (Wildman–Crippen LogP) is 2.99. The van der Waals surface area contributed by atoms with Gasteiger partial charge in [0.05, 0.1) is 5.34 Å². The average Bonchev–Trinajstić information content (AvgIpc) is 2.20. The van der Waals surface area contributed by atoms with Crippen LogP contribution in [0, 0.1) is 0 Å². The van der Waals surface area contributed by atoms with Gasteiger partial charge in [-0.05, 0) is 27.7 Å². The fourth-order valence-corrected chi connectivity index (χ4v) is 2.87. The first-order valence-corrected chi connectivity index (χ1v) is 8.04. The second-order valence-electron chi connectivity index (χ2n) is 2.33. The Labute approximate surface area is 110 Å². The third-order valence-electron chi connectivity index (χ3n) is 1.28. The van der Waals surface area contributed by atoms with Crippen molar-refractivity contribution in [2.75, 3.05) is 31.8 Å². The summed E-state index contributed by atoms with van der Waals surface area (Å²) in [6.45, 7) is 9.80. The molecule has 0 spiro atoms. The fraction of sp³-hybridized carbons (Fsp3) is 1.00. The molecule has 0 aliphatic rings. The van der Waals surface area contributed by atoms with Gasteiger partial charge in [-0.15, -0.1) is 23.2 Å². The molecule has 0 N–H and O–H groups in total. The Kier molecular flexibility index (Phi) is 16.3. The lowest BCUT2D eigenvalue weighted by Crippen LogP contribution is -2.49. The largest absolute Gasteiger partial charge is 0.679 e. The summed E-state index contributed by atoms with van der Waals surface area (Å²) >= 11 is 9.53. The normalized spacial score (nSPS) is 10.9. The third-order valence-corrected chi connectivity index (χ3v) is 3.85. The van der Waals surface area contributed by atoms with E-state index in [0.29, 0.717) is 26.4 Å². The number of halogens is 2. The molecular formula is C9H22Cl2O4Si. The van der Waals surface area contributed by atoms with Crippen LogP contribution in [0.2, 0.25) is 0 Å². The van der Waals surface area contributed by atoms with Crippen molar-refractivity contribution in [3.63, 3.8) is 0 Å². The molecule has 0 fully saturated rings. The van der Waals surface area contributed by atoms with Gasteiger partial charge in [0.15, 0.2) is 0 Å². The summed E-state index contributed by atoms with van der Waals surface area (Å²) in [7, 11) is -2.80. The molecule has 7 heteroatoms. The molecule has 0 unspecified atom stereocenters. The van der Waals surface area contributed by atoms with Gasteiger partial charge in [0, 0.05) is 26.4 Å². The zero-order chi connectivity index (χ0) is 12.9. The molecule has 0 radical (unpaired) electrons.